The minimum atomic E-state index is 0.0544. The van der Waals surface area contributed by atoms with Gasteiger partial charge >= 0.3 is 0 Å². The fraction of sp³-hybridized carbons (Fsp3) is 0.600. The zero-order chi connectivity index (χ0) is 13.7. The second-order valence-corrected chi connectivity index (χ2v) is 5.34. The van der Waals surface area contributed by atoms with Gasteiger partial charge in [-0.2, -0.15) is 0 Å². The normalized spacial score (nSPS) is 23.1. The van der Waals surface area contributed by atoms with Crippen molar-refractivity contribution < 1.29 is 9.90 Å². The molecule has 104 valence electrons. The van der Waals surface area contributed by atoms with Crippen molar-refractivity contribution in [2.75, 3.05) is 13.7 Å². The summed E-state index contributed by atoms with van der Waals surface area (Å²) in [6.45, 7) is 0.278. The maximum absolute atomic E-state index is 12.3. The van der Waals surface area contributed by atoms with Gasteiger partial charge in [0.15, 0.2) is 0 Å². The first-order valence-electron chi connectivity index (χ1n) is 7.00. The Balaban J connectivity index is 1.91. The van der Waals surface area contributed by atoms with Gasteiger partial charge in [0, 0.05) is 32.1 Å². The van der Waals surface area contributed by atoms with Crippen LogP contribution in [0.3, 0.4) is 0 Å². The van der Waals surface area contributed by atoms with Gasteiger partial charge < -0.3 is 10.0 Å². The quantitative estimate of drug-likeness (QED) is 0.904. The fourth-order valence-corrected chi connectivity index (χ4v) is 2.86. The summed E-state index contributed by atoms with van der Waals surface area (Å²) < 4.78 is 0. The summed E-state index contributed by atoms with van der Waals surface area (Å²) in [6, 6.07) is 3.92. The summed E-state index contributed by atoms with van der Waals surface area (Å²) in [6.07, 6.45) is 8.48. The van der Waals surface area contributed by atoms with Gasteiger partial charge in [-0.1, -0.05) is 0 Å². The third-order valence-electron chi connectivity index (χ3n) is 4.13. The predicted molar refractivity (Wildman–Crippen MR) is 73.8 cm³/mol. The lowest BCUT2D eigenvalue weighted by atomic mass is 9.83. The average molecular weight is 262 g/mol. The molecule has 1 amide bonds. The molecule has 1 aromatic rings. The van der Waals surface area contributed by atoms with E-state index in [-0.39, 0.29) is 12.5 Å². The Hall–Kier alpha value is -1.42. The third-order valence-corrected chi connectivity index (χ3v) is 4.13. The smallest absolute Gasteiger partial charge is 0.255 e. The molecule has 4 heteroatoms. The highest BCUT2D eigenvalue weighted by atomic mass is 16.3. The first kappa shape index (κ1) is 14.0. The summed E-state index contributed by atoms with van der Waals surface area (Å²) >= 11 is 0. The maximum atomic E-state index is 12.3. The van der Waals surface area contributed by atoms with Crippen molar-refractivity contribution in [3.05, 3.63) is 30.1 Å². The molecule has 4 nitrogen and oxygen atoms in total. The highest BCUT2D eigenvalue weighted by Gasteiger charge is 2.26. The van der Waals surface area contributed by atoms with Crippen molar-refractivity contribution in [3.63, 3.8) is 0 Å². The van der Waals surface area contributed by atoms with Crippen LogP contribution in [0.1, 0.15) is 42.5 Å². The first-order chi connectivity index (χ1) is 9.22. The van der Waals surface area contributed by atoms with Crippen molar-refractivity contribution in [2.24, 2.45) is 5.92 Å². The molecule has 19 heavy (non-hydrogen) atoms. The van der Waals surface area contributed by atoms with Crippen LogP contribution >= 0.6 is 0 Å². The number of carbonyl (C=O) groups is 1. The number of hydrogen-bond acceptors (Lipinski definition) is 3. The Morgan fingerprint density at radius 3 is 2.74 bits per heavy atom. The molecular formula is C15H22N2O2. The van der Waals surface area contributed by atoms with E-state index >= 15 is 0 Å². The van der Waals surface area contributed by atoms with E-state index in [2.05, 4.69) is 4.98 Å². The topological polar surface area (TPSA) is 53.4 Å². The SMILES string of the molecule is CN(C(=O)c1cccnc1)C1CCC(CCO)CC1. The number of nitrogens with zero attached hydrogens (tertiary/aromatic N) is 2. The van der Waals surface area contributed by atoms with E-state index < -0.39 is 0 Å². The Morgan fingerprint density at radius 2 is 2.16 bits per heavy atom. The van der Waals surface area contributed by atoms with Gasteiger partial charge in [0.1, 0.15) is 0 Å². The second kappa shape index (κ2) is 6.66. The van der Waals surface area contributed by atoms with Gasteiger partial charge in [0.25, 0.3) is 5.91 Å². The molecule has 0 spiro atoms. The van der Waals surface area contributed by atoms with Crippen LogP contribution < -0.4 is 0 Å². The molecule has 0 unspecified atom stereocenters. The van der Waals surface area contributed by atoms with E-state index in [0.29, 0.717) is 17.5 Å². The molecule has 1 aliphatic carbocycles. The van der Waals surface area contributed by atoms with E-state index in [0.717, 1.165) is 32.1 Å². The Morgan fingerprint density at radius 1 is 1.42 bits per heavy atom. The number of amides is 1. The number of hydrogen-bond donors (Lipinski definition) is 1. The monoisotopic (exact) mass is 262 g/mol. The van der Waals surface area contributed by atoms with Crippen molar-refractivity contribution >= 4 is 5.91 Å². The summed E-state index contributed by atoms with van der Waals surface area (Å²) in [5, 5.41) is 8.96. The van der Waals surface area contributed by atoms with Crippen molar-refractivity contribution in [1.82, 2.24) is 9.88 Å². The van der Waals surface area contributed by atoms with Crippen LogP contribution in [-0.4, -0.2) is 40.6 Å². The van der Waals surface area contributed by atoms with Crippen LogP contribution in [0.15, 0.2) is 24.5 Å². The van der Waals surface area contributed by atoms with Crippen LogP contribution in [0.4, 0.5) is 0 Å². The molecule has 0 atom stereocenters. The number of aliphatic hydroxyl groups excluding tert-OH is 1. The summed E-state index contributed by atoms with van der Waals surface area (Å²) in [7, 11) is 1.88. The van der Waals surface area contributed by atoms with Gasteiger partial charge in [0.05, 0.1) is 5.56 Å². The highest BCUT2D eigenvalue weighted by molar-refractivity contribution is 5.93. The number of aliphatic hydroxyl groups is 1. The molecule has 0 saturated heterocycles. The molecule has 0 bridgehead atoms. The van der Waals surface area contributed by atoms with E-state index in [4.69, 9.17) is 5.11 Å². The molecule has 0 radical (unpaired) electrons. The summed E-state index contributed by atoms with van der Waals surface area (Å²) in [4.78, 5) is 18.1. The Bertz CT molecular complexity index is 400. The zero-order valence-electron chi connectivity index (χ0n) is 11.5. The summed E-state index contributed by atoms with van der Waals surface area (Å²) in [5.74, 6) is 0.682. The highest BCUT2D eigenvalue weighted by Crippen LogP contribution is 2.29. The predicted octanol–water partition coefficient (Wildman–Crippen LogP) is 2.09. The molecule has 1 saturated carbocycles. The Kier molecular flexibility index (Phi) is 4.91. The number of aromatic nitrogens is 1. The van der Waals surface area contributed by atoms with Gasteiger partial charge in [-0.3, -0.25) is 9.78 Å². The van der Waals surface area contributed by atoms with Crippen LogP contribution in [-0.2, 0) is 0 Å². The number of pyridine rings is 1. The fourth-order valence-electron chi connectivity index (χ4n) is 2.86. The standard InChI is InChI=1S/C15H22N2O2/c1-17(15(19)13-3-2-9-16-11-13)14-6-4-12(5-7-14)8-10-18/h2-3,9,11-12,14,18H,4-8,10H2,1H3. The molecule has 1 fully saturated rings. The lowest BCUT2D eigenvalue weighted by molar-refractivity contribution is 0.0666. The molecule has 1 aliphatic rings. The van der Waals surface area contributed by atoms with E-state index in [1.807, 2.05) is 18.0 Å². The average Bonchev–Trinajstić information content (AvgIpc) is 2.48. The minimum Gasteiger partial charge on any atom is -0.396 e. The Labute approximate surface area is 114 Å². The molecule has 2 rings (SSSR count). The largest absolute Gasteiger partial charge is 0.396 e. The zero-order valence-corrected chi connectivity index (χ0v) is 11.5. The molecule has 1 heterocycles. The van der Waals surface area contributed by atoms with Crippen LogP contribution in [0.2, 0.25) is 0 Å². The lowest BCUT2D eigenvalue weighted by Gasteiger charge is -2.34. The summed E-state index contributed by atoms with van der Waals surface area (Å²) in [5.41, 5.74) is 0.655. The van der Waals surface area contributed by atoms with Crippen molar-refractivity contribution in [3.8, 4) is 0 Å². The van der Waals surface area contributed by atoms with E-state index in [1.165, 1.54) is 0 Å². The van der Waals surface area contributed by atoms with Crippen LogP contribution in [0, 0.1) is 5.92 Å². The van der Waals surface area contributed by atoms with Crippen molar-refractivity contribution in [2.45, 2.75) is 38.1 Å². The van der Waals surface area contributed by atoms with Gasteiger partial charge in [-0.15, -0.1) is 0 Å². The van der Waals surface area contributed by atoms with E-state index in [9.17, 15) is 4.79 Å². The third kappa shape index (κ3) is 3.53. The molecule has 0 aromatic carbocycles. The van der Waals surface area contributed by atoms with Gasteiger partial charge in [0.2, 0.25) is 0 Å². The molecule has 0 aliphatic heterocycles. The van der Waals surface area contributed by atoms with Gasteiger partial charge in [-0.05, 0) is 50.2 Å². The second-order valence-electron chi connectivity index (χ2n) is 5.34. The molecular weight excluding hydrogens is 240 g/mol. The first-order valence-corrected chi connectivity index (χ1v) is 7.00. The number of carbonyl (C=O) groups excluding carboxylic acids is 1. The minimum absolute atomic E-state index is 0.0544. The van der Waals surface area contributed by atoms with Crippen molar-refractivity contribution in [1.29, 1.82) is 0 Å². The van der Waals surface area contributed by atoms with Gasteiger partial charge in [-0.25, -0.2) is 0 Å². The van der Waals surface area contributed by atoms with Crippen LogP contribution in [0.25, 0.3) is 0 Å². The van der Waals surface area contributed by atoms with Crippen LogP contribution in [0.5, 0.6) is 0 Å². The maximum Gasteiger partial charge on any atom is 0.255 e. The molecule has 1 aromatic heterocycles. The van der Waals surface area contributed by atoms with E-state index in [1.54, 1.807) is 18.5 Å². The number of rotatable bonds is 4. The molecule has 1 N–H and O–H groups in total. The lowest BCUT2D eigenvalue weighted by Crippen LogP contribution is -2.39.